The van der Waals surface area contributed by atoms with E-state index in [1.807, 2.05) is 4.90 Å². The van der Waals surface area contributed by atoms with E-state index in [0.29, 0.717) is 6.54 Å². The molecule has 1 heterocycles. The summed E-state index contributed by atoms with van der Waals surface area (Å²) < 4.78 is 5.82. The molecule has 5 heteroatoms. The van der Waals surface area contributed by atoms with Gasteiger partial charge in [0.05, 0.1) is 6.54 Å². The fourth-order valence-electron chi connectivity index (χ4n) is 4.90. The molecule has 0 radical (unpaired) electrons. The molecule has 4 rings (SSSR count). The van der Waals surface area contributed by atoms with E-state index < -0.39 is 0 Å². The Kier molecular flexibility index (Phi) is 7.17. The van der Waals surface area contributed by atoms with Gasteiger partial charge in [-0.25, -0.2) is 4.79 Å². The first-order valence-electron chi connectivity index (χ1n) is 11.9. The molecule has 0 aromatic heterocycles. The average Bonchev–Trinajstić information content (AvgIpc) is 3.07. The van der Waals surface area contributed by atoms with Gasteiger partial charge in [0, 0.05) is 26.2 Å². The number of amides is 1. The van der Waals surface area contributed by atoms with Gasteiger partial charge in [0.15, 0.2) is 0 Å². The Hall–Kier alpha value is -2.37. The number of nitrogens with zero attached hydrogens (tertiary/aromatic N) is 3. The van der Waals surface area contributed by atoms with Crippen molar-refractivity contribution >= 4 is 6.09 Å². The Bertz CT molecular complexity index is 903. The highest BCUT2D eigenvalue weighted by Gasteiger charge is 2.45. The number of rotatable bonds is 8. The van der Waals surface area contributed by atoms with Crippen molar-refractivity contribution in [3.8, 4) is 11.1 Å². The van der Waals surface area contributed by atoms with Crippen LogP contribution in [0.15, 0.2) is 48.5 Å². The van der Waals surface area contributed by atoms with E-state index in [1.165, 1.54) is 36.0 Å². The molecule has 2 aliphatic rings. The molecule has 1 saturated heterocycles. The Morgan fingerprint density at radius 3 is 2.38 bits per heavy atom. The molecule has 0 bridgehead atoms. The molecule has 0 N–H and O–H groups in total. The van der Waals surface area contributed by atoms with E-state index >= 15 is 0 Å². The summed E-state index contributed by atoms with van der Waals surface area (Å²) >= 11 is 0. The normalized spacial score (nSPS) is 18.0. The molecule has 1 spiro atoms. The number of benzene rings is 2. The third kappa shape index (κ3) is 5.70. The van der Waals surface area contributed by atoms with Gasteiger partial charge in [0.25, 0.3) is 0 Å². The van der Waals surface area contributed by atoms with Gasteiger partial charge in [-0.1, -0.05) is 48.9 Å². The summed E-state index contributed by atoms with van der Waals surface area (Å²) in [5.74, 6) is 0. The predicted octanol–water partition coefficient (Wildman–Crippen LogP) is 5.00. The van der Waals surface area contributed by atoms with Crippen LogP contribution in [0.4, 0.5) is 4.79 Å². The van der Waals surface area contributed by atoms with Gasteiger partial charge in [-0.05, 0) is 75.1 Å². The van der Waals surface area contributed by atoms with Crippen LogP contribution in [0.1, 0.15) is 43.2 Å². The quantitative estimate of drug-likeness (QED) is 0.584. The van der Waals surface area contributed by atoms with Crippen LogP contribution < -0.4 is 0 Å². The van der Waals surface area contributed by atoms with E-state index in [0.717, 1.165) is 44.6 Å². The van der Waals surface area contributed by atoms with E-state index in [9.17, 15) is 4.79 Å². The molecule has 1 aliphatic heterocycles. The molecule has 5 nitrogen and oxygen atoms in total. The first kappa shape index (κ1) is 22.8. The molecular weight excluding hydrogens is 398 g/mol. The highest BCUT2D eigenvalue weighted by Crippen LogP contribution is 2.37. The summed E-state index contributed by atoms with van der Waals surface area (Å²) in [4.78, 5) is 18.9. The lowest BCUT2D eigenvalue weighted by molar-refractivity contribution is 0.0260. The van der Waals surface area contributed by atoms with E-state index in [1.54, 1.807) is 0 Å². The smallest absolute Gasteiger partial charge is 0.410 e. The van der Waals surface area contributed by atoms with Crippen molar-refractivity contribution in [2.45, 2.75) is 50.8 Å². The van der Waals surface area contributed by atoms with Crippen molar-refractivity contribution in [3.63, 3.8) is 0 Å². The fraction of sp³-hybridized carbons (Fsp3) is 0.519. The number of carbonyl (C=O) groups is 1. The summed E-state index contributed by atoms with van der Waals surface area (Å²) in [6.45, 7) is 4.41. The number of hydrogen-bond acceptors (Lipinski definition) is 4. The molecule has 1 amide bonds. The first-order chi connectivity index (χ1) is 15.4. The van der Waals surface area contributed by atoms with Crippen molar-refractivity contribution in [1.82, 2.24) is 14.7 Å². The van der Waals surface area contributed by atoms with E-state index in [2.05, 4.69) is 79.5 Å². The van der Waals surface area contributed by atoms with Gasteiger partial charge >= 0.3 is 6.09 Å². The van der Waals surface area contributed by atoms with Crippen molar-refractivity contribution in [1.29, 1.82) is 0 Å². The maximum absolute atomic E-state index is 12.4. The third-order valence-corrected chi connectivity index (χ3v) is 6.77. The monoisotopic (exact) mass is 435 g/mol. The Balaban J connectivity index is 1.37. The summed E-state index contributed by atoms with van der Waals surface area (Å²) in [5, 5.41) is 0. The molecule has 1 saturated carbocycles. The van der Waals surface area contributed by atoms with Crippen LogP contribution in [-0.4, -0.2) is 67.2 Å². The van der Waals surface area contributed by atoms with Gasteiger partial charge in [-0.2, -0.15) is 0 Å². The van der Waals surface area contributed by atoms with Gasteiger partial charge < -0.3 is 14.5 Å². The number of hydrogen-bond donors (Lipinski definition) is 0. The first-order valence-corrected chi connectivity index (χ1v) is 11.9. The minimum absolute atomic E-state index is 0.151. The molecule has 172 valence electrons. The zero-order valence-electron chi connectivity index (χ0n) is 19.8. The summed E-state index contributed by atoms with van der Waals surface area (Å²) in [6, 6.07) is 17.4. The van der Waals surface area contributed by atoms with Crippen molar-refractivity contribution in [2.75, 3.05) is 40.8 Å². The SMILES string of the molecule is CN(C)CCN(C)Cc1cccc(-c2ccc(CN3CC4(CCCCC4)OC3=O)cc2)c1. The van der Waals surface area contributed by atoms with Crippen LogP contribution in [0.3, 0.4) is 0 Å². The summed E-state index contributed by atoms with van der Waals surface area (Å²) in [5.41, 5.74) is 4.69. The minimum Gasteiger partial charge on any atom is -0.441 e. The van der Waals surface area contributed by atoms with Gasteiger partial charge in [0.1, 0.15) is 5.60 Å². The van der Waals surface area contributed by atoms with Crippen LogP contribution in [0.5, 0.6) is 0 Å². The van der Waals surface area contributed by atoms with E-state index in [4.69, 9.17) is 4.74 Å². The minimum atomic E-state index is -0.227. The lowest BCUT2D eigenvalue weighted by Gasteiger charge is -2.30. The average molecular weight is 436 g/mol. The second-order valence-electron chi connectivity index (χ2n) is 9.91. The Labute approximate surface area is 193 Å². The Morgan fingerprint density at radius 2 is 1.66 bits per heavy atom. The summed E-state index contributed by atoms with van der Waals surface area (Å²) in [6.07, 6.45) is 5.46. The highest BCUT2D eigenvalue weighted by atomic mass is 16.6. The van der Waals surface area contributed by atoms with Gasteiger partial charge in [-0.15, -0.1) is 0 Å². The maximum Gasteiger partial charge on any atom is 0.410 e. The highest BCUT2D eigenvalue weighted by molar-refractivity contribution is 5.71. The molecule has 32 heavy (non-hydrogen) atoms. The third-order valence-electron chi connectivity index (χ3n) is 6.77. The zero-order valence-corrected chi connectivity index (χ0v) is 19.8. The lowest BCUT2D eigenvalue weighted by atomic mass is 9.85. The fourth-order valence-corrected chi connectivity index (χ4v) is 4.90. The Morgan fingerprint density at radius 1 is 0.906 bits per heavy atom. The molecule has 2 aromatic carbocycles. The van der Waals surface area contributed by atoms with Crippen LogP contribution >= 0.6 is 0 Å². The molecule has 2 aromatic rings. The second kappa shape index (κ2) is 10.1. The van der Waals surface area contributed by atoms with Crippen LogP contribution in [0.2, 0.25) is 0 Å². The van der Waals surface area contributed by atoms with Gasteiger partial charge in [0.2, 0.25) is 0 Å². The molecule has 2 fully saturated rings. The zero-order chi connectivity index (χ0) is 22.6. The predicted molar refractivity (Wildman–Crippen MR) is 129 cm³/mol. The number of carbonyl (C=O) groups excluding carboxylic acids is 1. The lowest BCUT2D eigenvalue weighted by Crippen LogP contribution is -2.36. The van der Waals surface area contributed by atoms with Gasteiger partial charge in [-0.3, -0.25) is 4.90 Å². The van der Waals surface area contributed by atoms with Crippen LogP contribution in [0, 0.1) is 0 Å². The molecule has 0 unspecified atom stereocenters. The van der Waals surface area contributed by atoms with Crippen LogP contribution in [0.25, 0.3) is 11.1 Å². The van der Waals surface area contributed by atoms with Crippen molar-refractivity contribution in [2.24, 2.45) is 0 Å². The molecular formula is C27H37N3O2. The summed E-state index contributed by atoms with van der Waals surface area (Å²) in [7, 11) is 6.39. The standard InChI is InChI=1S/C27H37N3O2/c1-28(2)16-17-29(3)19-23-8-7-9-25(18-23)24-12-10-22(11-13-24)20-30-21-27(32-26(30)31)14-5-4-6-15-27/h7-13,18H,4-6,14-17,19-21H2,1-3H3. The number of likely N-dealkylation sites (N-methyl/N-ethyl adjacent to an activating group) is 2. The number of ether oxygens (including phenoxy) is 1. The second-order valence-corrected chi connectivity index (χ2v) is 9.91. The van der Waals surface area contributed by atoms with E-state index in [-0.39, 0.29) is 11.7 Å². The maximum atomic E-state index is 12.4. The van der Waals surface area contributed by atoms with Crippen molar-refractivity contribution < 1.29 is 9.53 Å². The molecule has 0 atom stereocenters. The van der Waals surface area contributed by atoms with Crippen molar-refractivity contribution in [3.05, 3.63) is 59.7 Å². The van der Waals surface area contributed by atoms with Crippen LogP contribution in [-0.2, 0) is 17.8 Å². The largest absolute Gasteiger partial charge is 0.441 e. The topological polar surface area (TPSA) is 36.0 Å². The molecule has 1 aliphatic carbocycles.